The van der Waals surface area contributed by atoms with Crippen LogP contribution in [0, 0.1) is 13.8 Å². The van der Waals surface area contributed by atoms with Crippen molar-refractivity contribution in [2.75, 3.05) is 9.91 Å². The zero-order chi connectivity index (χ0) is 32.5. The molecule has 0 unspecified atom stereocenters. The second kappa shape index (κ2) is 14.9. The molecule has 5 aromatic rings. The van der Waals surface area contributed by atoms with Gasteiger partial charge in [-0.2, -0.15) is 5.10 Å². The van der Waals surface area contributed by atoms with E-state index in [1.54, 1.807) is 0 Å². The maximum atomic E-state index is 11.3. The van der Waals surface area contributed by atoms with E-state index in [0.717, 1.165) is 45.1 Å². The lowest BCUT2D eigenvalue weighted by Gasteiger charge is -2.26. The molecule has 0 saturated carbocycles. The highest BCUT2D eigenvalue weighted by Crippen LogP contribution is 2.35. The summed E-state index contributed by atoms with van der Waals surface area (Å²) in [6.07, 6.45) is 1.82. The minimum atomic E-state index is -0.323. The van der Waals surface area contributed by atoms with E-state index < -0.39 is 0 Å². The van der Waals surface area contributed by atoms with Crippen molar-refractivity contribution in [2.45, 2.75) is 40.9 Å². The summed E-state index contributed by atoms with van der Waals surface area (Å²) in [5.41, 5.74) is 9.96. The molecule has 0 aromatic heterocycles. The van der Waals surface area contributed by atoms with Crippen LogP contribution in [0.1, 0.15) is 41.7 Å². The standard InChI is InChI=1S/C39H37N3O4/c1-28-5-15-35(16-6-28)41(36-17-7-29(2)8-18-36)37-19-9-32(10-20-37)25-40-42(38-21-11-33(12-22-38)26-45-30(3)43)39-23-13-34(14-24-39)27-46-31(4)44/h5-25H,26-27H2,1-4H3. The molecule has 0 aliphatic heterocycles. The third-order valence-corrected chi connectivity index (χ3v) is 7.30. The summed E-state index contributed by atoms with van der Waals surface area (Å²) < 4.78 is 10.3. The van der Waals surface area contributed by atoms with Crippen LogP contribution < -0.4 is 9.91 Å². The SMILES string of the molecule is CC(=O)OCc1ccc(N(N=Cc2ccc(N(c3ccc(C)cc3)c3ccc(C)cc3)cc2)c2ccc(COC(C)=O)cc2)cc1. The van der Waals surface area contributed by atoms with Gasteiger partial charge in [0.25, 0.3) is 0 Å². The molecule has 0 fully saturated rings. The van der Waals surface area contributed by atoms with Crippen molar-refractivity contribution in [1.82, 2.24) is 0 Å². The molecule has 0 aliphatic carbocycles. The van der Waals surface area contributed by atoms with E-state index >= 15 is 0 Å². The zero-order valence-electron chi connectivity index (χ0n) is 26.5. The normalized spacial score (nSPS) is 10.9. The Hall–Kier alpha value is -5.69. The molecule has 0 aliphatic rings. The van der Waals surface area contributed by atoms with Crippen LogP contribution in [0.4, 0.5) is 28.4 Å². The summed E-state index contributed by atoms with van der Waals surface area (Å²) in [6, 6.07) is 40.7. The van der Waals surface area contributed by atoms with Crippen molar-refractivity contribution in [1.29, 1.82) is 0 Å². The molecule has 5 rings (SSSR count). The molecule has 0 heterocycles. The molecule has 7 nitrogen and oxygen atoms in total. The summed E-state index contributed by atoms with van der Waals surface area (Å²) in [5.74, 6) is -0.646. The van der Waals surface area contributed by atoms with Gasteiger partial charge in [-0.15, -0.1) is 0 Å². The van der Waals surface area contributed by atoms with Crippen LogP contribution in [-0.4, -0.2) is 18.2 Å². The highest BCUT2D eigenvalue weighted by Gasteiger charge is 2.13. The molecule has 0 N–H and O–H groups in total. The lowest BCUT2D eigenvalue weighted by atomic mass is 10.1. The molecule has 0 radical (unpaired) electrons. The molecule has 5 aromatic carbocycles. The molecule has 0 atom stereocenters. The molecule has 0 saturated heterocycles. The van der Waals surface area contributed by atoms with Gasteiger partial charge in [0.2, 0.25) is 0 Å². The Morgan fingerprint density at radius 3 is 1.26 bits per heavy atom. The van der Waals surface area contributed by atoms with Crippen molar-refractivity contribution < 1.29 is 19.1 Å². The fourth-order valence-electron chi connectivity index (χ4n) is 4.79. The summed E-state index contributed by atoms with van der Waals surface area (Å²) in [5, 5.41) is 6.71. The molecule has 46 heavy (non-hydrogen) atoms. The zero-order valence-corrected chi connectivity index (χ0v) is 26.5. The Balaban J connectivity index is 1.43. The van der Waals surface area contributed by atoms with Gasteiger partial charge >= 0.3 is 11.9 Å². The van der Waals surface area contributed by atoms with Gasteiger partial charge in [-0.3, -0.25) is 9.59 Å². The smallest absolute Gasteiger partial charge is 0.302 e. The minimum absolute atomic E-state index is 0.207. The maximum absolute atomic E-state index is 11.3. The first kappa shape index (κ1) is 31.7. The topological polar surface area (TPSA) is 71.4 Å². The van der Waals surface area contributed by atoms with Crippen molar-refractivity contribution in [2.24, 2.45) is 5.10 Å². The highest BCUT2D eigenvalue weighted by atomic mass is 16.5. The Morgan fingerprint density at radius 1 is 0.543 bits per heavy atom. The maximum Gasteiger partial charge on any atom is 0.302 e. The third-order valence-electron chi connectivity index (χ3n) is 7.30. The third kappa shape index (κ3) is 8.48. The predicted octanol–water partition coefficient (Wildman–Crippen LogP) is 9.07. The second-order valence-electron chi connectivity index (χ2n) is 11.0. The number of hydrazone groups is 1. The van der Waals surface area contributed by atoms with Crippen LogP contribution in [0.15, 0.2) is 126 Å². The van der Waals surface area contributed by atoms with Crippen LogP contribution in [0.3, 0.4) is 0 Å². The molecule has 7 heteroatoms. The van der Waals surface area contributed by atoms with Gasteiger partial charge in [0.05, 0.1) is 17.6 Å². The summed E-state index contributed by atoms with van der Waals surface area (Å²) in [4.78, 5) is 24.7. The fourth-order valence-corrected chi connectivity index (χ4v) is 4.79. The molecule has 0 amide bonds. The van der Waals surface area contributed by atoms with Crippen molar-refractivity contribution in [3.63, 3.8) is 0 Å². The number of anilines is 5. The fraction of sp³-hybridized carbons (Fsp3) is 0.154. The number of carbonyl (C=O) groups is 2. The van der Waals surface area contributed by atoms with Gasteiger partial charge in [0.15, 0.2) is 0 Å². The van der Waals surface area contributed by atoms with Gasteiger partial charge in [0, 0.05) is 30.9 Å². The summed E-state index contributed by atoms with van der Waals surface area (Å²) >= 11 is 0. The number of ether oxygens (including phenoxy) is 2. The second-order valence-corrected chi connectivity index (χ2v) is 11.0. The number of hydrogen-bond acceptors (Lipinski definition) is 7. The van der Waals surface area contributed by atoms with Gasteiger partial charge in [-0.25, -0.2) is 5.01 Å². The van der Waals surface area contributed by atoms with E-state index in [2.05, 4.69) is 91.5 Å². The van der Waals surface area contributed by atoms with Crippen LogP contribution in [-0.2, 0) is 32.3 Å². The van der Waals surface area contributed by atoms with E-state index in [4.69, 9.17) is 14.6 Å². The lowest BCUT2D eigenvalue weighted by Crippen LogP contribution is -2.11. The van der Waals surface area contributed by atoms with Gasteiger partial charge in [-0.1, -0.05) is 71.8 Å². The van der Waals surface area contributed by atoms with Crippen LogP contribution in [0.25, 0.3) is 0 Å². The van der Waals surface area contributed by atoms with Crippen LogP contribution in [0.5, 0.6) is 0 Å². The van der Waals surface area contributed by atoms with Crippen molar-refractivity contribution in [3.05, 3.63) is 149 Å². The Bertz CT molecular complexity index is 1670. The monoisotopic (exact) mass is 611 g/mol. The number of esters is 2. The van der Waals surface area contributed by atoms with E-state index in [1.807, 2.05) is 59.8 Å². The average molecular weight is 612 g/mol. The summed E-state index contributed by atoms with van der Waals surface area (Å²) in [7, 11) is 0. The van der Waals surface area contributed by atoms with Gasteiger partial charge in [0.1, 0.15) is 13.2 Å². The van der Waals surface area contributed by atoms with Gasteiger partial charge < -0.3 is 14.4 Å². The Morgan fingerprint density at radius 2 is 0.891 bits per heavy atom. The molecule has 0 spiro atoms. The van der Waals surface area contributed by atoms with E-state index in [-0.39, 0.29) is 25.2 Å². The molecule has 232 valence electrons. The molecular weight excluding hydrogens is 574 g/mol. The number of hydrogen-bond donors (Lipinski definition) is 0. The Kier molecular flexibility index (Phi) is 10.2. The van der Waals surface area contributed by atoms with E-state index in [0.29, 0.717) is 0 Å². The average Bonchev–Trinajstić information content (AvgIpc) is 3.06. The number of carbonyl (C=O) groups excluding carboxylic acids is 2. The summed E-state index contributed by atoms with van der Waals surface area (Å²) in [6.45, 7) is 7.38. The predicted molar refractivity (Wildman–Crippen MR) is 184 cm³/mol. The van der Waals surface area contributed by atoms with Crippen molar-refractivity contribution >= 4 is 46.6 Å². The molecule has 0 bridgehead atoms. The quantitative estimate of drug-likeness (QED) is 0.0843. The number of nitrogens with zero attached hydrogens (tertiary/aromatic N) is 3. The number of aryl methyl sites for hydroxylation is 2. The molecular formula is C39H37N3O4. The number of rotatable bonds is 11. The first-order valence-electron chi connectivity index (χ1n) is 15.1. The Labute approximate surface area is 270 Å². The lowest BCUT2D eigenvalue weighted by molar-refractivity contribution is -0.143. The number of benzene rings is 5. The van der Waals surface area contributed by atoms with E-state index in [1.165, 1.54) is 25.0 Å². The van der Waals surface area contributed by atoms with Crippen LogP contribution in [0.2, 0.25) is 0 Å². The van der Waals surface area contributed by atoms with Gasteiger partial charge in [-0.05, 0) is 91.2 Å². The first-order chi connectivity index (χ1) is 22.2. The highest BCUT2D eigenvalue weighted by molar-refractivity contribution is 5.84. The van der Waals surface area contributed by atoms with E-state index in [9.17, 15) is 9.59 Å². The minimum Gasteiger partial charge on any atom is -0.461 e. The first-order valence-corrected chi connectivity index (χ1v) is 15.1. The van der Waals surface area contributed by atoms with Crippen molar-refractivity contribution in [3.8, 4) is 0 Å². The largest absolute Gasteiger partial charge is 0.461 e. The van der Waals surface area contributed by atoms with Crippen LogP contribution >= 0.6 is 0 Å².